The second-order valence-corrected chi connectivity index (χ2v) is 7.24. The van der Waals surface area contributed by atoms with Gasteiger partial charge >= 0.3 is 0 Å². The highest BCUT2D eigenvalue weighted by Gasteiger charge is 2.21. The second-order valence-electron chi connectivity index (χ2n) is 6.38. The number of hydrogen-bond acceptors (Lipinski definition) is 5. The van der Waals surface area contributed by atoms with Gasteiger partial charge in [0.25, 0.3) is 5.91 Å². The molecule has 1 aliphatic rings. The topological polar surface area (TPSA) is 82.6 Å². The van der Waals surface area contributed by atoms with E-state index in [0.717, 1.165) is 6.42 Å². The summed E-state index contributed by atoms with van der Waals surface area (Å²) in [5.74, 6) is -0.186. The van der Waals surface area contributed by atoms with Crippen molar-refractivity contribution in [1.82, 2.24) is 14.8 Å². The second kappa shape index (κ2) is 8.77. The van der Waals surface area contributed by atoms with Crippen LogP contribution in [-0.4, -0.2) is 58.7 Å². The minimum Gasteiger partial charge on any atom is -0.341 e. The van der Waals surface area contributed by atoms with E-state index in [1.807, 2.05) is 6.07 Å². The van der Waals surface area contributed by atoms with Crippen molar-refractivity contribution >= 4 is 34.2 Å². The van der Waals surface area contributed by atoms with Crippen LogP contribution in [0.1, 0.15) is 29.4 Å². The smallest absolute Gasteiger partial charge is 0.257 e. The Kier molecular flexibility index (Phi) is 6.18. The number of carbonyl (C=O) groups excluding carboxylic acids is 3. The monoisotopic (exact) mass is 386 g/mol. The maximum atomic E-state index is 12.5. The molecule has 1 aromatic carbocycles. The number of amides is 3. The standard InChI is InChI=1S/C19H22N4O3S/c1-14(24)22-8-5-9-23(11-10-22)17(25)12-16-13-27-19(20-16)21-18(26)15-6-3-2-4-7-15/h2-4,6-7,13H,5,8-12H2,1H3,(H,20,21,26). The van der Waals surface area contributed by atoms with Crippen molar-refractivity contribution < 1.29 is 14.4 Å². The lowest BCUT2D eigenvalue weighted by Crippen LogP contribution is -2.37. The van der Waals surface area contributed by atoms with Gasteiger partial charge in [-0.25, -0.2) is 4.98 Å². The fourth-order valence-electron chi connectivity index (χ4n) is 2.95. The van der Waals surface area contributed by atoms with Crippen molar-refractivity contribution in [3.05, 3.63) is 47.0 Å². The first-order chi connectivity index (χ1) is 13.0. The summed E-state index contributed by atoms with van der Waals surface area (Å²) in [7, 11) is 0. The Labute approximate surface area is 162 Å². The molecule has 1 aliphatic heterocycles. The summed E-state index contributed by atoms with van der Waals surface area (Å²) in [6, 6.07) is 8.92. The lowest BCUT2D eigenvalue weighted by Gasteiger charge is -2.21. The fraction of sp³-hybridized carbons (Fsp3) is 0.368. The number of carbonyl (C=O) groups is 3. The van der Waals surface area contributed by atoms with E-state index in [-0.39, 0.29) is 24.1 Å². The number of rotatable bonds is 4. The largest absolute Gasteiger partial charge is 0.341 e. The third-order valence-electron chi connectivity index (χ3n) is 4.43. The zero-order chi connectivity index (χ0) is 19.2. The molecule has 7 nitrogen and oxygen atoms in total. The molecule has 142 valence electrons. The predicted molar refractivity (Wildman–Crippen MR) is 104 cm³/mol. The lowest BCUT2D eigenvalue weighted by molar-refractivity contribution is -0.132. The maximum Gasteiger partial charge on any atom is 0.257 e. The molecule has 27 heavy (non-hydrogen) atoms. The number of anilines is 1. The van der Waals surface area contributed by atoms with Crippen LogP contribution in [0.3, 0.4) is 0 Å². The molecule has 1 N–H and O–H groups in total. The maximum absolute atomic E-state index is 12.5. The highest BCUT2D eigenvalue weighted by molar-refractivity contribution is 7.14. The molecule has 2 heterocycles. The fourth-order valence-corrected chi connectivity index (χ4v) is 3.66. The van der Waals surface area contributed by atoms with Gasteiger partial charge in [-0.15, -0.1) is 11.3 Å². The zero-order valence-corrected chi connectivity index (χ0v) is 16.0. The summed E-state index contributed by atoms with van der Waals surface area (Å²) in [5, 5.41) is 5.03. The van der Waals surface area contributed by atoms with Crippen LogP contribution < -0.4 is 5.32 Å². The number of thiazole rings is 1. The van der Waals surface area contributed by atoms with Crippen LogP contribution in [0.5, 0.6) is 0 Å². The normalized spacial score (nSPS) is 14.6. The van der Waals surface area contributed by atoms with E-state index in [9.17, 15) is 14.4 Å². The Bertz CT molecular complexity index is 821. The highest BCUT2D eigenvalue weighted by atomic mass is 32.1. The number of aromatic nitrogens is 1. The molecule has 1 aromatic heterocycles. The van der Waals surface area contributed by atoms with Gasteiger partial charge in [0.15, 0.2) is 5.13 Å². The minimum absolute atomic E-state index is 0.00774. The van der Waals surface area contributed by atoms with Gasteiger partial charge in [0.05, 0.1) is 12.1 Å². The Hall–Kier alpha value is -2.74. The van der Waals surface area contributed by atoms with E-state index in [1.165, 1.54) is 11.3 Å². The molecule has 2 aromatic rings. The van der Waals surface area contributed by atoms with Crippen molar-refractivity contribution in [3.8, 4) is 0 Å². The Morgan fingerprint density at radius 3 is 2.52 bits per heavy atom. The number of benzene rings is 1. The highest BCUT2D eigenvalue weighted by Crippen LogP contribution is 2.18. The van der Waals surface area contributed by atoms with Gasteiger partial charge in [-0.2, -0.15) is 0 Å². The molecular formula is C19H22N4O3S. The molecule has 3 rings (SSSR count). The lowest BCUT2D eigenvalue weighted by atomic mass is 10.2. The van der Waals surface area contributed by atoms with Crippen molar-refractivity contribution in [2.45, 2.75) is 19.8 Å². The SMILES string of the molecule is CC(=O)N1CCCN(C(=O)Cc2csc(NC(=O)c3ccccc3)n2)CC1. The molecular weight excluding hydrogens is 364 g/mol. The average molecular weight is 386 g/mol. The first-order valence-electron chi connectivity index (χ1n) is 8.87. The van der Waals surface area contributed by atoms with Crippen LogP contribution >= 0.6 is 11.3 Å². The van der Waals surface area contributed by atoms with Crippen LogP contribution in [0.2, 0.25) is 0 Å². The molecule has 8 heteroatoms. The van der Waals surface area contributed by atoms with Gasteiger partial charge in [0.1, 0.15) is 0 Å². The Morgan fingerprint density at radius 1 is 1.07 bits per heavy atom. The number of hydrogen-bond donors (Lipinski definition) is 1. The van der Waals surface area contributed by atoms with Crippen molar-refractivity contribution in [3.63, 3.8) is 0 Å². The van der Waals surface area contributed by atoms with Crippen LogP contribution in [-0.2, 0) is 16.0 Å². The molecule has 0 aliphatic carbocycles. The molecule has 3 amide bonds. The van der Waals surface area contributed by atoms with Crippen molar-refractivity contribution in [1.29, 1.82) is 0 Å². The van der Waals surface area contributed by atoms with Crippen LogP contribution in [0.15, 0.2) is 35.7 Å². The Morgan fingerprint density at radius 2 is 1.78 bits per heavy atom. The summed E-state index contributed by atoms with van der Waals surface area (Å²) in [6.45, 7) is 3.99. The summed E-state index contributed by atoms with van der Waals surface area (Å²) in [4.78, 5) is 44.1. The molecule has 0 saturated carbocycles. The summed E-state index contributed by atoms with van der Waals surface area (Å²) in [5.41, 5.74) is 1.20. The van der Waals surface area contributed by atoms with Crippen molar-refractivity contribution in [2.24, 2.45) is 0 Å². The predicted octanol–water partition coefficient (Wildman–Crippen LogP) is 2.02. The molecule has 1 saturated heterocycles. The first kappa shape index (κ1) is 19.0. The van der Waals surface area contributed by atoms with Crippen molar-refractivity contribution in [2.75, 3.05) is 31.5 Å². The first-order valence-corrected chi connectivity index (χ1v) is 9.75. The molecule has 0 unspecified atom stereocenters. The van der Waals surface area contributed by atoms with Gasteiger partial charge in [-0.05, 0) is 18.6 Å². The quantitative estimate of drug-likeness (QED) is 0.871. The van der Waals surface area contributed by atoms with Gasteiger partial charge in [0, 0.05) is 44.0 Å². The van der Waals surface area contributed by atoms with E-state index >= 15 is 0 Å². The number of nitrogens with zero attached hydrogens (tertiary/aromatic N) is 3. The summed E-state index contributed by atoms with van der Waals surface area (Å²) in [6.07, 6.45) is 0.971. The van der Waals surface area contributed by atoms with Crippen LogP contribution in [0, 0.1) is 0 Å². The average Bonchev–Trinajstić information content (AvgIpc) is 2.94. The van der Waals surface area contributed by atoms with Gasteiger partial charge in [-0.1, -0.05) is 18.2 Å². The minimum atomic E-state index is -0.223. The number of nitrogens with one attached hydrogen (secondary N) is 1. The Balaban J connectivity index is 1.55. The van der Waals surface area contributed by atoms with Gasteiger partial charge in [0.2, 0.25) is 11.8 Å². The van der Waals surface area contributed by atoms with E-state index in [0.29, 0.717) is 42.6 Å². The zero-order valence-electron chi connectivity index (χ0n) is 15.2. The van der Waals surface area contributed by atoms with Gasteiger partial charge < -0.3 is 9.80 Å². The molecule has 0 spiro atoms. The summed E-state index contributed by atoms with van der Waals surface area (Å²) < 4.78 is 0. The molecule has 0 bridgehead atoms. The van der Waals surface area contributed by atoms with Crippen LogP contribution in [0.4, 0.5) is 5.13 Å². The van der Waals surface area contributed by atoms with Gasteiger partial charge in [-0.3, -0.25) is 19.7 Å². The molecule has 1 fully saturated rings. The molecule has 0 radical (unpaired) electrons. The third kappa shape index (κ3) is 5.13. The van der Waals surface area contributed by atoms with E-state index in [4.69, 9.17) is 0 Å². The van der Waals surface area contributed by atoms with E-state index in [1.54, 1.807) is 46.4 Å². The molecule has 0 atom stereocenters. The summed E-state index contributed by atoms with van der Waals surface area (Å²) >= 11 is 1.30. The third-order valence-corrected chi connectivity index (χ3v) is 5.24. The van der Waals surface area contributed by atoms with E-state index < -0.39 is 0 Å². The van der Waals surface area contributed by atoms with Crippen LogP contribution in [0.25, 0.3) is 0 Å². The van der Waals surface area contributed by atoms with E-state index in [2.05, 4.69) is 10.3 Å².